The zero-order chi connectivity index (χ0) is 19.6. The van der Waals surface area contributed by atoms with E-state index in [2.05, 4.69) is 4.57 Å². The van der Waals surface area contributed by atoms with Crippen molar-refractivity contribution in [1.82, 2.24) is 4.57 Å². The Morgan fingerprint density at radius 1 is 1.19 bits per heavy atom. The molecule has 1 amide bonds. The Kier molecular flexibility index (Phi) is 5.21. The molecule has 0 atom stereocenters. The number of para-hydroxylation sites is 1. The second-order valence-electron chi connectivity index (χ2n) is 6.45. The van der Waals surface area contributed by atoms with Gasteiger partial charge in [-0.25, -0.2) is 0 Å². The minimum Gasteiger partial charge on any atom is -0.508 e. The highest BCUT2D eigenvalue weighted by atomic mass is 16.5. The standard InChI is InChI=1S/C22H24N2O3/c1-4-18-21(15-9-7-10-17(25)12-15)20(22(23)26)14(2)24(18)13-16-8-5-6-11-19(16)27-3/h5-12,25H,4,13H2,1-3H3,(H2,23,26). The minimum absolute atomic E-state index is 0.153. The molecule has 5 heteroatoms. The van der Waals surface area contributed by atoms with Gasteiger partial charge in [-0.15, -0.1) is 0 Å². The van der Waals surface area contributed by atoms with Crippen molar-refractivity contribution in [1.29, 1.82) is 0 Å². The Bertz CT molecular complexity index is 989. The molecular formula is C22H24N2O3. The van der Waals surface area contributed by atoms with Gasteiger partial charge < -0.3 is 20.1 Å². The van der Waals surface area contributed by atoms with E-state index in [4.69, 9.17) is 10.5 Å². The molecule has 1 heterocycles. The van der Waals surface area contributed by atoms with Crippen LogP contribution >= 0.6 is 0 Å². The topological polar surface area (TPSA) is 77.5 Å². The highest BCUT2D eigenvalue weighted by Crippen LogP contribution is 2.35. The van der Waals surface area contributed by atoms with Gasteiger partial charge in [0.2, 0.25) is 0 Å². The molecule has 0 fully saturated rings. The lowest BCUT2D eigenvalue weighted by Crippen LogP contribution is -2.13. The van der Waals surface area contributed by atoms with Crippen LogP contribution in [-0.4, -0.2) is 22.7 Å². The molecule has 0 unspecified atom stereocenters. The number of aromatic nitrogens is 1. The fraction of sp³-hybridized carbons (Fsp3) is 0.227. The maximum Gasteiger partial charge on any atom is 0.251 e. The first-order valence-corrected chi connectivity index (χ1v) is 8.91. The van der Waals surface area contributed by atoms with Crippen LogP contribution in [0.5, 0.6) is 11.5 Å². The number of methoxy groups -OCH3 is 1. The number of nitrogens with two attached hydrogens (primary N) is 1. The molecule has 2 aromatic carbocycles. The Hall–Kier alpha value is -3.21. The molecule has 3 aromatic rings. The highest BCUT2D eigenvalue weighted by molar-refractivity contribution is 6.02. The Balaban J connectivity index is 2.24. The third-order valence-corrected chi connectivity index (χ3v) is 4.87. The van der Waals surface area contributed by atoms with Crippen molar-refractivity contribution in [3.05, 3.63) is 71.0 Å². The summed E-state index contributed by atoms with van der Waals surface area (Å²) in [6.07, 6.45) is 0.717. The van der Waals surface area contributed by atoms with E-state index in [0.29, 0.717) is 18.5 Å². The van der Waals surface area contributed by atoms with E-state index in [9.17, 15) is 9.90 Å². The first-order chi connectivity index (χ1) is 13.0. The third-order valence-electron chi connectivity index (χ3n) is 4.87. The number of hydrogen-bond donors (Lipinski definition) is 2. The molecule has 3 N–H and O–H groups in total. The molecule has 5 nitrogen and oxygen atoms in total. The van der Waals surface area contributed by atoms with Gasteiger partial charge in [0.1, 0.15) is 11.5 Å². The van der Waals surface area contributed by atoms with Crippen molar-refractivity contribution in [2.75, 3.05) is 7.11 Å². The summed E-state index contributed by atoms with van der Waals surface area (Å²) in [5.41, 5.74) is 10.6. The van der Waals surface area contributed by atoms with E-state index in [1.54, 1.807) is 25.3 Å². The first kappa shape index (κ1) is 18.6. The second-order valence-corrected chi connectivity index (χ2v) is 6.45. The lowest BCUT2D eigenvalue weighted by Gasteiger charge is -2.14. The Morgan fingerprint density at radius 2 is 1.93 bits per heavy atom. The molecule has 0 saturated carbocycles. The average molecular weight is 364 g/mol. The van der Waals surface area contributed by atoms with E-state index in [0.717, 1.165) is 33.8 Å². The molecular weight excluding hydrogens is 340 g/mol. The number of carbonyl (C=O) groups excluding carboxylic acids is 1. The van der Waals surface area contributed by atoms with Crippen LogP contribution in [0.3, 0.4) is 0 Å². The molecule has 0 saturated heterocycles. The number of rotatable bonds is 6. The summed E-state index contributed by atoms with van der Waals surface area (Å²) in [7, 11) is 1.65. The predicted octanol–water partition coefficient (Wildman–Crippen LogP) is 3.89. The normalized spacial score (nSPS) is 10.8. The van der Waals surface area contributed by atoms with Gasteiger partial charge in [0.25, 0.3) is 5.91 Å². The van der Waals surface area contributed by atoms with E-state index in [-0.39, 0.29) is 5.75 Å². The number of ether oxygens (including phenoxy) is 1. The van der Waals surface area contributed by atoms with E-state index in [1.807, 2.05) is 44.2 Å². The average Bonchev–Trinajstić information content (AvgIpc) is 2.94. The molecule has 0 radical (unpaired) electrons. The maximum absolute atomic E-state index is 12.3. The van der Waals surface area contributed by atoms with Crippen molar-refractivity contribution < 1.29 is 14.6 Å². The van der Waals surface area contributed by atoms with Gasteiger partial charge in [-0.1, -0.05) is 37.3 Å². The van der Waals surface area contributed by atoms with Gasteiger partial charge in [0.15, 0.2) is 0 Å². The second kappa shape index (κ2) is 7.58. The molecule has 140 valence electrons. The molecule has 27 heavy (non-hydrogen) atoms. The van der Waals surface area contributed by atoms with Crippen LogP contribution in [0.1, 0.15) is 34.2 Å². The Labute approximate surface area is 159 Å². The molecule has 1 aromatic heterocycles. The molecule has 0 aliphatic carbocycles. The predicted molar refractivity (Wildman–Crippen MR) is 106 cm³/mol. The number of benzene rings is 2. The fourth-order valence-electron chi connectivity index (χ4n) is 3.66. The van der Waals surface area contributed by atoms with Crippen molar-refractivity contribution in [3.63, 3.8) is 0 Å². The summed E-state index contributed by atoms with van der Waals surface area (Å²) >= 11 is 0. The lowest BCUT2D eigenvalue weighted by molar-refractivity contribution is 0.1000. The number of amides is 1. The van der Waals surface area contributed by atoms with Crippen LogP contribution in [0.25, 0.3) is 11.1 Å². The number of phenols is 1. The van der Waals surface area contributed by atoms with Gasteiger partial charge in [0, 0.05) is 22.5 Å². The smallest absolute Gasteiger partial charge is 0.251 e. The summed E-state index contributed by atoms with van der Waals surface area (Å²) < 4.78 is 7.59. The summed E-state index contributed by atoms with van der Waals surface area (Å²) in [5, 5.41) is 9.91. The van der Waals surface area contributed by atoms with Gasteiger partial charge in [-0.2, -0.15) is 0 Å². The molecule has 0 aliphatic rings. The van der Waals surface area contributed by atoms with Crippen molar-refractivity contribution >= 4 is 5.91 Å². The lowest BCUT2D eigenvalue weighted by atomic mass is 9.98. The zero-order valence-corrected chi connectivity index (χ0v) is 15.8. The van der Waals surface area contributed by atoms with E-state index >= 15 is 0 Å². The summed E-state index contributed by atoms with van der Waals surface area (Å²) in [5.74, 6) is 0.478. The maximum atomic E-state index is 12.3. The van der Waals surface area contributed by atoms with Gasteiger partial charge in [-0.3, -0.25) is 4.79 Å². The first-order valence-electron chi connectivity index (χ1n) is 8.91. The van der Waals surface area contributed by atoms with Crippen LogP contribution in [0, 0.1) is 6.92 Å². The van der Waals surface area contributed by atoms with Crippen LogP contribution in [0.2, 0.25) is 0 Å². The Morgan fingerprint density at radius 3 is 2.56 bits per heavy atom. The SMILES string of the molecule is CCc1c(-c2cccc(O)c2)c(C(N)=O)c(C)n1Cc1ccccc1OC. The van der Waals surface area contributed by atoms with Crippen LogP contribution in [0.15, 0.2) is 48.5 Å². The van der Waals surface area contributed by atoms with Gasteiger partial charge in [0.05, 0.1) is 19.2 Å². The molecule has 3 rings (SSSR count). The van der Waals surface area contributed by atoms with Gasteiger partial charge >= 0.3 is 0 Å². The van der Waals surface area contributed by atoms with Gasteiger partial charge in [-0.05, 0) is 37.1 Å². The quantitative estimate of drug-likeness (QED) is 0.697. The van der Waals surface area contributed by atoms with Crippen LogP contribution in [0.4, 0.5) is 0 Å². The summed E-state index contributed by atoms with van der Waals surface area (Å²) in [6.45, 7) is 4.52. The summed E-state index contributed by atoms with van der Waals surface area (Å²) in [4.78, 5) is 12.3. The minimum atomic E-state index is -0.473. The largest absolute Gasteiger partial charge is 0.508 e. The molecule has 0 spiro atoms. The zero-order valence-electron chi connectivity index (χ0n) is 15.8. The molecule has 0 bridgehead atoms. The van der Waals surface area contributed by atoms with Crippen molar-refractivity contribution in [3.8, 4) is 22.6 Å². The third kappa shape index (κ3) is 3.40. The summed E-state index contributed by atoms with van der Waals surface area (Å²) in [6, 6.07) is 14.7. The highest BCUT2D eigenvalue weighted by Gasteiger charge is 2.24. The van der Waals surface area contributed by atoms with Crippen LogP contribution < -0.4 is 10.5 Å². The van der Waals surface area contributed by atoms with E-state index in [1.165, 1.54) is 0 Å². The number of phenolic OH excluding ortho intramolecular Hbond substituents is 1. The number of aromatic hydroxyl groups is 1. The number of primary amides is 1. The number of nitrogens with zero attached hydrogens (tertiary/aromatic N) is 1. The molecule has 0 aliphatic heterocycles. The number of carbonyl (C=O) groups is 1. The van der Waals surface area contributed by atoms with E-state index < -0.39 is 5.91 Å². The van der Waals surface area contributed by atoms with Crippen LogP contribution in [-0.2, 0) is 13.0 Å². The van der Waals surface area contributed by atoms with Crippen molar-refractivity contribution in [2.45, 2.75) is 26.8 Å². The fourth-order valence-corrected chi connectivity index (χ4v) is 3.66. The van der Waals surface area contributed by atoms with Crippen molar-refractivity contribution in [2.24, 2.45) is 5.73 Å². The monoisotopic (exact) mass is 364 g/mol. The number of hydrogen-bond acceptors (Lipinski definition) is 3.